The van der Waals surface area contributed by atoms with Crippen molar-refractivity contribution in [1.29, 1.82) is 0 Å². The molecular formula is C17H19F4N3OS. The second kappa shape index (κ2) is 8.13. The average molecular weight is 389 g/mol. The molecule has 1 amide bonds. The lowest BCUT2D eigenvalue weighted by atomic mass is 10.1. The Morgan fingerprint density at radius 1 is 1.23 bits per heavy atom. The van der Waals surface area contributed by atoms with Crippen molar-refractivity contribution < 1.29 is 22.4 Å². The monoisotopic (exact) mass is 389 g/mol. The van der Waals surface area contributed by atoms with Crippen molar-refractivity contribution >= 4 is 22.4 Å². The van der Waals surface area contributed by atoms with E-state index in [2.05, 4.69) is 15.2 Å². The number of nitrogens with zero attached hydrogens (tertiary/aromatic N) is 2. The number of nitrogens with one attached hydrogen (secondary N) is 1. The van der Waals surface area contributed by atoms with Crippen LogP contribution in [0.4, 0.5) is 22.7 Å². The highest BCUT2D eigenvalue weighted by Crippen LogP contribution is 2.36. The third-order valence-electron chi connectivity index (χ3n) is 3.74. The molecule has 1 aromatic heterocycles. The van der Waals surface area contributed by atoms with Crippen LogP contribution < -0.4 is 5.32 Å². The Labute approximate surface area is 152 Å². The predicted molar refractivity (Wildman–Crippen MR) is 93.4 cm³/mol. The van der Waals surface area contributed by atoms with E-state index in [-0.39, 0.29) is 22.3 Å². The summed E-state index contributed by atoms with van der Waals surface area (Å²) >= 11 is 1.17. The molecule has 4 nitrogen and oxygen atoms in total. The van der Waals surface area contributed by atoms with E-state index < -0.39 is 17.6 Å². The zero-order valence-electron chi connectivity index (χ0n) is 14.6. The number of carbonyl (C=O) groups is 1. The summed E-state index contributed by atoms with van der Waals surface area (Å²) in [6.07, 6.45) is -4.66. The first-order valence-corrected chi connectivity index (χ1v) is 8.83. The van der Waals surface area contributed by atoms with Crippen LogP contribution in [0.25, 0.3) is 11.3 Å². The van der Waals surface area contributed by atoms with E-state index in [9.17, 15) is 22.4 Å². The van der Waals surface area contributed by atoms with Crippen LogP contribution in [-0.2, 0) is 17.5 Å². The Balaban J connectivity index is 2.54. The maximum Gasteiger partial charge on any atom is 0.416 e. The van der Waals surface area contributed by atoms with Gasteiger partial charge in [-0.1, -0.05) is 25.2 Å². The zero-order chi connectivity index (χ0) is 19.5. The number of alkyl halides is 3. The molecule has 1 aromatic carbocycles. The highest BCUT2D eigenvalue weighted by Gasteiger charge is 2.32. The van der Waals surface area contributed by atoms with Gasteiger partial charge < -0.3 is 5.32 Å². The van der Waals surface area contributed by atoms with Gasteiger partial charge in [0.15, 0.2) is 5.13 Å². The number of aromatic nitrogens is 1. The number of halogens is 4. The van der Waals surface area contributed by atoms with E-state index in [4.69, 9.17) is 0 Å². The second-order valence-corrected chi connectivity index (χ2v) is 6.74. The van der Waals surface area contributed by atoms with Crippen LogP contribution in [-0.4, -0.2) is 28.9 Å². The Hall–Kier alpha value is -2.00. The predicted octanol–water partition coefficient (Wildman–Crippen LogP) is 4.77. The summed E-state index contributed by atoms with van der Waals surface area (Å²) in [4.78, 5) is 18.2. The molecule has 0 aliphatic heterocycles. The molecule has 142 valence electrons. The van der Waals surface area contributed by atoms with Crippen molar-refractivity contribution in [1.82, 2.24) is 9.88 Å². The molecule has 0 unspecified atom stereocenters. The summed E-state index contributed by atoms with van der Waals surface area (Å²) in [7, 11) is 0. The maximum absolute atomic E-state index is 13.8. The number of anilines is 1. The summed E-state index contributed by atoms with van der Waals surface area (Å²) in [6.45, 7) is 7.15. The van der Waals surface area contributed by atoms with E-state index in [0.29, 0.717) is 17.5 Å². The van der Waals surface area contributed by atoms with Crippen molar-refractivity contribution in [2.45, 2.75) is 33.5 Å². The smallest absolute Gasteiger partial charge is 0.302 e. The Bertz CT molecular complexity index is 785. The first-order chi connectivity index (χ1) is 12.1. The number of hydrogen-bond acceptors (Lipinski definition) is 4. The van der Waals surface area contributed by atoms with Crippen LogP contribution in [0, 0.1) is 5.82 Å². The third-order valence-corrected chi connectivity index (χ3v) is 4.70. The number of carbonyl (C=O) groups excluding carboxylic acids is 1. The number of amides is 1. The number of hydrogen-bond donors (Lipinski definition) is 1. The minimum Gasteiger partial charge on any atom is -0.302 e. The first-order valence-electron chi connectivity index (χ1n) is 8.01. The highest BCUT2D eigenvalue weighted by molar-refractivity contribution is 7.16. The van der Waals surface area contributed by atoms with Crippen LogP contribution in [0.2, 0.25) is 0 Å². The topological polar surface area (TPSA) is 45.2 Å². The summed E-state index contributed by atoms with van der Waals surface area (Å²) in [5, 5.41) is 2.81. The minimum atomic E-state index is -4.66. The number of thiazole rings is 1. The SMILES string of the molecule is CCN(CC)Cc1sc(NC(C)=O)nc1-c1cc(F)cc(C(F)(F)F)c1. The number of rotatable bonds is 6. The van der Waals surface area contributed by atoms with Crippen molar-refractivity contribution in [3.8, 4) is 11.3 Å². The molecule has 2 aromatic rings. The molecule has 1 N–H and O–H groups in total. The van der Waals surface area contributed by atoms with Gasteiger partial charge in [-0.05, 0) is 31.3 Å². The van der Waals surface area contributed by atoms with E-state index in [1.165, 1.54) is 18.3 Å². The molecule has 26 heavy (non-hydrogen) atoms. The lowest BCUT2D eigenvalue weighted by Gasteiger charge is -2.17. The van der Waals surface area contributed by atoms with Crippen LogP contribution >= 0.6 is 11.3 Å². The maximum atomic E-state index is 13.8. The molecule has 0 fully saturated rings. The van der Waals surface area contributed by atoms with Gasteiger partial charge in [-0.3, -0.25) is 9.69 Å². The summed E-state index contributed by atoms with van der Waals surface area (Å²) in [5.41, 5.74) is -0.793. The largest absolute Gasteiger partial charge is 0.416 e. The Morgan fingerprint density at radius 3 is 2.42 bits per heavy atom. The zero-order valence-corrected chi connectivity index (χ0v) is 15.4. The van der Waals surface area contributed by atoms with E-state index in [1.54, 1.807) is 0 Å². The quantitative estimate of drug-likeness (QED) is 0.724. The minimum absolute atomic E-state index is 0.0346. The van der Waals surface area contributed by atoms with Gasteiger partial charge in [0.05, 0.1) is 11.3 Å². The molecule has 0 radical (unpaired) electrons. The van der Waals surface area contributed by atoms with Crippen LogP contribution in [0.5, 0.6) is 0 Å². The molecule has 9 heteroatoms. The highest BCUT2D eigenvalue weighted by atomic mass is 32.1. The summed E-state index contributed by atoms with van der Waals surface area (Å²) < 4.78 is 52.8. The van der Waals surface area contributed by atoms with Gasteiger partial charge in [0.25, 0.3) is 0 Å². The molecule has 0 saturated heterocycles. The fourth-order valence-electron chi connectivity index (χ4n) is 2.43. The molecule has 0 bridgehead atoms. The number of benzene rings is 1. The standard InChI is InChI=1S/C17H19F4N3OS/c1-4-24(5-2)9-14-15(23-16(26-14)22-10(3)25)11-6-12(17(19,20)21)8-13(18)7-11/h6-8H,4-5,9H2,1-3H3,(H,22,23,25). The Morgan fingerprint density at radius 2 is 1.88 bits per heavy atom. The van der Waals surface area contributed by atoms with E-state index in [1.807, 2.05) is 13.8 Å². The van der Waals surface area contributed by atoms with Crippen LogP contribution in [0.1, 0.15) is 31.2 Å². The van der Waals surface area contributed by atoms with Crippen molar-refractivity contribution in [3.63, 3.8) is 0 Å². The van der Waals surface area contributed by atoms with Gasteiger partial charge in [0, 0.05) is 23.9 Å². The molecule has 0 atom stereocenters. The normalized spacial score (nSPS) is 11.8. The molecule has 0 spiro atoms. The van der Waals surface area contributed by atoms with Gasteiger partial charge in [0.1, 0.15) is 5.82 Å². The molecule has 0 aliphatic carbocycles. The van der Waals surface area contributed by atoms with Gasteiger partial charge in [-0.15, -0.1) is 0 Å². The van der Waals surface area contributed by atoms with Crippen molar-refractivity contribution in [2.24, 2.45) is 0 Å². The van der Waals surface area contributed by atoms with Crippen LogP contribution in [0.3, 0.4) is 0 Å². The second-order valence-electron chi connectivity index (χ2n) is 5.66. The third kappa shape index (κ3) is 5.01. The lowest BCUT2D eigenvalue weighted by molar-refractivity contribution is -0.137. The van der Waals surface area contributed by atoms with Crippen molar-refractivity contribution in [2.75, 3.05) is 18.4 Å². The van der Waals surface area contributed by atoms with Gasteiger partial charge >= 0.3 is 6.18 Å². The summed E-state index contributed by atoms with van der Waals surface area (Å²) in [5.74, 6) is -1.33. The van der Waals surface area contributed by atoms with E-state index in [0.717, 1.165) is 25.2 Å². The van der Waals surface area contributed by atoms with Gasteiger partial charge in [-0.25, -0.2) is 9.37 Å². The molecular weight excluding hydrogens is 370 g/mol. The average Bonchev–Trinajstić information content (AvgIpc) is 2.92. The van der Waals surface area contributed by atoms with Gasteiger partial charge in [-0.2, -0.15) is 13.2 Å². The fourth-order valence-corrected chi connectivity index (χ4v) is 3.50. The van der Waals surface area contributed by atoms with Crippen molar-refractivity contribution in [3.05, 3.63) is 34.5 Å². The van der Waals surface area contributed by atoms with Crippen LogP contribution in [0.15, 0.2) is 18.2 Å². The molecule has 0 aliphatic rings. The molecule has 0 saturated carbocycles. The molecule has 2 rings (SSSR count). The summed E-state index contributed by atoms with van der Waals surface area (Å²) in [6, 6.07) is 2.35. The molecule has 1 heterocycles. The Kier molecular flexibility index (Phi) is 6.35. The van der Waals surface area contributed by atoms with Gasteiger partial charge in [0.2, 0.25) is 5.91 Å². The lowest BCUT2D eigenvalue weighted by Crippen LogP contribution is -2.21. The first kappa shape index (κ1) is 20.3. The fraction of sp³-hybridized carbons (Fsp3) is 0.412. The van der Waals surface area contributed by atoms with E-state index >= 15 is 0 Å².